The van der Waals surface area contributed by atoms with Gasteiger partial charge in [0.25, 0.3) is 0 Å². The number of hydrogen-bond acceptors (Lipinski definition) is 3. The van der Waals surface area contributed by atoms with Crippen LogP contribution in [0.2, 0.25) is 0 Å². The Morgan fingerprint density at radius 1 is 1.24 bits per heavy atom. The van der Waals surface area contributed by atoms with E-state index in [2.05, 4.69) is 11.6 Å². The van der Waals surface area contributed by atoms with E-state index in [1.807, 2.05) is 12.1 Å². The Morgan fingerprint density at radius 3 is 2.57 bits per heavy atom. The van der Waals surface area contributed by atoms with Crippen molar-refractivity contribution < 1.29 is 9.90 Å². The fourth-order valence-electron chi connectivity index (χ4n) is 1.96. The van der Waals surface area contributed by atoms with Gasteiger partial charge < -0.3 is 5.11 Å². The van der Waals surface area contributed by atoms with Crippen molar-refractivity contribution in [2.75, 3.05) is 0 Å². The first-order chi connectivity index (χ1) is 10.1. The number of carbonyl (C=O) groups is 1. The highest BCUT2D eigenvalue weighted by Gasteiger charge is 2.03. The molecule has 0 aromatic heterocycles. The molecule has 3 heteroatoms. The number of allylic oxidation sites excluding steroid dienone is 1. The van der Waals surface area contributed by atoms with Crippen LogP contribution in [0.15, 0.2) is 60.1 Å². The van der Waals surface area contributed by atoms with Crippen molar-refractivity contribution in [3.63, 3.8) is 0 Å². The molecule has 0 aliphatic carbocycles. The van der Waals surface area contributed by atoms with Gasteiger partial charge in [0.1, 0.15) is 5.75 Å². The minimum absolute atomic E-state index is 0.0281. The Bertz CT molecular complexity index is 685. The number of nitrogens with zero attached hydrogens (tertiary/aromatic N) is 1. The molecule has 3 nitrogen and oxygen atoms in total. The number of para-hydroxylation sites is 1. The maximum atomic E-state index is 11.2. The second-order valence-electron chi connectivity index (χ2n) is 4.71. The van der Waals surface area contributed by atoms with Gasteiger partial charge in [0.2, 0.25) is 0 Å². The summed E-state index contributed by atoms with van der Waals surface area (Å²) in [6.45, 7) is 5.20. The van der Waals surface area contributed by atoms with Crippen molar-refractivity contribution in [2.45, 2.75) is 13.3 Å². The maximum Gasteiger partial charge on any atom is 0.159 e. The number of benzene rings is 2. The molecule has 0 heterocycles. The van der Waals surface area contributed by atoms with E-state index < -0.39 is 0 Å². The largest absolute Gasteiger partial charge is 0.507 e. The molecule has 0 saturated heterocycles. The maximum absolute atomic E-state index is 11.2. The molecular formula is C18H17NO2. The zero-order valence-electron chi connectivity index (χ0n) is 11.9. The molecule has 0 amide bonds. The monoisotopic (exact) mass is 279 g/mol. The van der Waals surface area contributed by atoms with Crippen LogP contribution in [0.1, 0.15) is 28.4 Å². The van der Waals surface area contributed by atoms with Crippen LogP contribution < -0.4 is 0 Å². The second kappa shape index (κ2) is 6.66. The lowest BCUT2D eigenvalue weighted by Crippen LogP contribution is -1.90. The van der Waals surface area contributed by atoms with Gasteiger partial charge in [0.05, 0.1) is 5.69 Å². The van der Waals surface area contributed by atoms with Gasteiger partial charge in [-0.05, 0) is 49.2 Å². The highest BCUT2D eigenvalue weighted by atomic mass is 16.3. The average molecular weight is 279 g/mol. The molecule has 0 spiro atoms. The van der Waals surface area contributed by atoms with Crippen LogP contribution in [0.5, 0.6) is 5.75 Å². The number of phenols is 1. The molecular weight excluding hydrogens is 262 g/mol. The first-order valence-electron chi connectivity index (χ1n) is 6.68. The fraction of sp³-hybridized carbons (Fsp3) is 0.111. The molecule has 0 radical (unpaired) electrons. The Balaban J connectivity index is 2.23. The van der Waals surface area contributed by atoms with Crippen LogP contribution >= 0.6 is 0 Å². The third kappa shape index (κ3) is 3.66. The summed E-state index contributed by atoms with van der Waals surface area (Å²) in [5.41, 5.74) is 2.86. The number of Topliss-reactive ketones (excluding diaryl/α,β-unsaturated/α-hetero) is 1. The minimum atomic E-state index is 0.0281. The van der Waals surface area contributed by atoms with Gasteiger partial charge in [0, 0.05) is 17.3 Å². The molecule has 0 aliphatic rings. The van der Waals surface area contributed by atoms with Crippen LogP contribution in [0.3, 0.4) is 0 Å². The summed E-state index contributed by atoms with van der Waals surface area (Å²) in [4.78, 5) is 15.5. The normalized spacial score (nSPS) is 10.7. The van der Waals surface area contributed by atoms with Crippen LogP contribution in [-0.2, 0) is 6.42 Å². The molecule has 0 saturated carbocycles. The molecule has 2 rings (SSSR count). The van der Waals surface area contributed by atoms with E-state index in [1.165, 1.54) is 6.92 Å². The Kier molecular flexibility index (Phi) is 4.67. The van der Waals surface area contributed by atoms with E-state index in [-0.39, 0.29) is 11.5 Å². The standard InChI is InChI=1S/C18H17NO2/c1-3-5-15-6-4-7-16(18(15)21)12-19-17-10-8-14(9-11-17)13(2)20/h3-4,6-12,21H,1,5H2,2H3. The molecule has 0 unspecified atom stereocenters. The van der Waals surface area contributed by atoms with Crippen molar-refractivity contribution in [2.24, 2.45) is 4.99 Å². The summed E-state index contributed by atoms with van der Waals surface area (Å²) in [7, 11) is 0. The number of ketones is 1. The Hall–Kier alpha value is -2.68. The van der Waals surface area contributed by atoms with Crippen molar-refractivity contribution >= 4 is 17.7 Å². The predicted octanol–water partition coefficient (Wildman–Crippen LogP) is 4.07. The van der Waals surface area contributed by atoms with Gasteiger partial charge in [-0.25, -0.2) is 0 Å². The molecule has 0 aliphatic heterocycles. The third-order valence-electron chi connectivity index (χ3n) is 3.14. The number of hydrogen-bond donors (Lipinski definition) is 1. The van der Waals surface area contributed by atoms with Gasteiger partial charge in [-0.3, -0.25) is 9.79 Å². The average Bonchev–Trinajstić information content (AvgIpc) is 2.49. The van der Waals surface area contributed by atoms with Gasteiger partial charge in [-0.15, -0.1) is 6.58 Å². The van der Waals surface area contributed by atoms with E-state index in [1.54, 1.807) is 42.6 Å². The molecule has 2 aromatic carbocycles. The number of phenolic OH excluding ortho intramolecular Hbond substituents is 1. The quantitative estimate of drug-likeness (QED) is 0.509. The number of rotatable bonds is 5. The highest BCUT2D eigenvalue weighted by molar-refractivity contribution is 5.94. The van der Waals surface area contributed by atoms with E-state index in [0.29, 0.717) is 17.5 Å². The minimum Gasteiger partial charge on any atom is -0.507 e. The molecule has 21 heavy (non-hydrogen) atoms. The lowest BCUT2D eigenvalue weighted by Gasteiger charge is -2.04. The first-order valence-corrected chi connectivity index (χ1v) is 6.68. The lowest BCUT2D eigenvalue weighted by molar-refractivity contribution is 0.101. The van der Waals surface area contributed by atoms with Gasteiger partial charge >= 0.3 is 0 Å². The smallest absolute Gasteiger partial charge is 0.159 e. The SMILES string of the molecule is C=CCc1cccc(C=Nc2ccc(C(C)=O)cc2)c1O. The van der Waals surface area contributed by atoms with E-state index in [9.17, 15) is 9.90 Å². The van der Waals surface area contributed by atoms with Crippen LogP contribution in [-0.4, -0.2) is 17.1 Å². The third-order valence-corrected chi connectivity index (χ3v) is 3.14. The van der Waals surface area contributed by atoms with Crippen molar-refractivity contribution in [1.29, 1.82) is 0 Å². The summed E-state index contributed by atoms with van der Waals surface area (Å²) in [5.74, 6) is 0.252. The molecule has 2 aromatic rings. The van der Waals surface area contributed by atoms with Crippen molar-refractivity contribution in [1.82, 2.24) is 0 Å². The summed E-state index contributed by atoms with van der Waals surface area (Å²) in [6, 6.07) is 12.6. The number of aromatic hydroxyl groups is 1. The highest BCUT2D eigenvalue weighted by Crippen LogP contribution is 2.22. The van der Waals surface area contributed by atoms with E-state index >= 15 is 0 Å². The fourth-order valence-corrected chi connectivity index (χ4v) is 1.96. The Labute approximate surface area is 124 Å². The lowest BCUT2D eigenvalue weighted by atomic mass is 10.1. The molecule has 0 fully saturated rings. The van der Waals surface area contributed by atoms with Crippen LogP contribution in [0.25, 0.3) is 0 Å². The summed E-state index contributed by atoms with van der Waals surface area (Å²) >= 11 is 0. The molecule has 106 valence electrons. The molecule has 1 N–H and O–H groups in total. The van der Waals surface area contributed by atoms with Gasteiger partial charge in [-0.1, -0.05) is 18.2 Å². The molecule has 0 bridgehead atoms. The predicted molar refractivity (Wildman–Crippen MR) is 85.7 cm³/mol. The Morgan fingerprint density at radius 2 is 1.95 bits per heavy atom. The van der Waals surface area contributed by atoms with E-state index in [0.717, 1.165) is 11.3 Å². The van der Waals surface area contributed by atoms with Crippen molar-refractivity contribution in [3.05, 3.63) is 71.8 Å². The zero-order valence-corrected chi connectivity index (χ0v) is 11.9. The number of carbonyl (C=O) groups excluding carboxylic acids is 1. The second-order valence-corrected chi connectivity index (χ2v) is 4.71. The van der Waals surface area contributed by atoms with E-state index in [4.69, 9.17) is 0 Å². The number of aliphatic imine (C=N–C) groups is 1. The van der Waals surface area contributed by atoms with Crippen LogP contribution in [0, 0.1) is 0 Å². The van der Waals surface area contributed by atoms with Crippen molar-refractivity contribution in [3.8, 4) is 5.75 Å². The van der Waals surface area contributed by atoms with Gasteiger partial charge in [-0.2, -0.15) is 0 Å². The summed E-state index contributed by atoms with van der Waals surface area (Å²) in [5, 5.41) is 10.1. The van der Waals surface area contributed by atoms with Crippen LogP contribution in [0.4, 0.5) is 5.69 Å². The summed E-state index contributed by atoms with van der Waals surface area (Å²) < 4.78 is 0. The first kappa shape index (κ1) is 14.7. The topological polar surface area (TPSA) is 49.7 Å². The zero-order chi connectivity index (χ0) is 15.2. The summed E-state index contributed by atoms with van der Waals surface area (Å²) in [6.07, 6.45) is 3.97. The van der Waals surface area contributed by atoms with Gasteiger partial charge in [0.15, 0.2) is 5.78 Å². The molecule has 0 atom stereocenters.